The van der Waals surface area contributed by atoms with E-state index in [1.54, 1.807) is 0 Å². The number of rotatable bonds is 3. The highest BCUT2D eigenvalue weighted by Gasteiger charge is 2.21. The van der Waals surface area contributed by atoms with E-state index < -0.39 is 0 Å². The molecule has 0 aliphatic carbocycles. The van der Waals surface area contributed by atoms with E-state index >= 15 is 0 Å². The Balaban J connectivity index is 1.76. The first kappa shape index (κ1) is 14.3. The Morgan fingerprint density at radius 1 is 1.17 bits per heavy atom. The molecule has 0 N–H and O–H groups in total. The topological polar surface area (TPSA) is 46.8 Å². The Morgan fingerprint density at radius 2 is 2.04 bits per heavy atom. The second-order valence-electron chi connectivity index (χ2n) is 6.39. The van der Waals surface area contributed by atoms with E-state index in [0.717, 1.165) is 35.6 Å². The molecule has 4 heterocycles. The molecule has 0 saturated carbocycles. The van der Waals surface area contributed by atoms with Gasteiger partial charge in [0.1, 0.15) is 11.3 Å². The summed E-state index contributed by atoms with van der Waals surface area (Å²) in [7, 11) is 2.21. The third kappa shape index (κ3) is 2.84. The van der Waals surface area contributed by atoms with Crippen molar-refractivity contribution in [1.82, 2.24) is 24.4 Å². The van der Waals surface area contributed by atoms with Crippen molar-refractivity contribution in [3.63, 3.8) is 0 Å². The fourth-order valence-electron chi connectivity index (χ4n) is 3.56. The second-order valence-corrected chi connectivity index (χ2v) is 6.39. The largest absolute Gasteiger partial charge is 0.306 e. The number of hydrogen-bond acceptors (Lipinski definition) is 4. The third-order valence-corrected chi connectivity index (χ3v) is 4.60. The van der Waals surface area contributed by atoms with Gasteiger partial charge in [0, 0.05) is 31.6 Å². The maximum atomic E-state index is 4.87. The molecule has 1 atom stereocenters. The Hall–Kier alpha value is -2.27. The van der Waals surface area contributed by atoms with E-state index in [-0.39, 0.29) is 0 Å². The number of likely N-dealkylation sites (tertiary alicyclic amines) is 1. The standard InChI is InChI=1S/C18H21N5/c1-22-11-3-4-14(13-22)12-17-21-16-5-2-8-20-18(16)23(17)15-6-9-19-10-7-15/h2,5-10,14H,3-4,11-13H2,1H3. The molecular weight excluding hydrogens is 286 g/mol. The van der Waals surface area contributed by atoms with Crippen LogP contribution in [0.2, 0.25) is 0 Å². The lowest BCUT2D eigenvalue weighted by atomic mass is 9.95. The summed E-state index contributed by atoms with van der Waals surface area (Å²) in [5.41, 5.74) is 2.97. The molecule has 118 valence electrons. The van der Waals surface area contributed by atoms with Crippen molar-refractivity contribution < 1.29 is 0 Å². The van der Waals surface area contributed by atoms with E-state index in [1.807, 2.05) is 42.9 Å². The summed E-state index contributed by atoms with van der Waals surface area (Å²) in [6.45, 7) is 2.35. The predicted octanol–water partition coefficient (Wildman–Crippen LogP) is 2.70. The maximum absolute atomic E-state index is 4.87. The van der Waals surface area contributed by atoms with Gasteiger partial charge in [-0.15, -0.1) is 0 Å². The number of nitrogens with zero attached hydrogens (tertiary/aromatic N) is 5. The minimum absolute atomic E-state index is 0.658. The Labute approximate surface area is 136 Å². The number of imidazole rings is 1. The lowest BCUT2D eigenvalue weighted by Gasteiger charge is -2.29. The van der Waals surface area contributed by atoms with Crippen molar-refractivity contribution >= 4 is 11.2 Å². The van der Waals surface area contributed by atoms with Crippen LogP contribution >= 0.6 is 0 Å². The van der Waals surface area contributed by atoms with Gasteiger partial charge in [0.25, 0.3) is 0 Å². The van der Waals surface area contributed by atoms with Gasteiger partial charge in [-0.1, -0.05) is 0 Å². The SMILES string of the molecule is CN1CCCC(Cc2nc3cccnc3n2-c2ccncc2)C1. The summed E-state index contributed by atoms with van der Waals surface area (Å²) < 4.78 is 2.19. The zero-order valence-corrected chi connectivity index (χ0v) is 13.4. The number of fused-ring (bicyclic) bond motifs is 1. The van der Waals surface area contributed by atoms with Crippen LogP contribution in [0.5, 0.6) is 0 Å². The van der Waals surface area contributed by atoms with E-state index in [2.05, 4.69) is 26.5 Å². The number of aromatic nitrogens is 4. The first-order valence-corrected chi connectivity index (χ1v) is 8.22. The molecule has 1 aliphatic heterocycles. The fourth-order valence-corrected chi connectivity index (χ4v) is 3.56. The van der Waals surface area contributed by atoms with E-state index in [4.69, 9.17) is 4.98 Å². The molecule has 1 aliphatic rings. The summed E-state index contributed by atoms with van der Waals surface area (Å²) in [6.07, 6.45) is 9.01. The van der Waals surface area contributed by atoms with E-state index in [9.17, 15) is 0 Å². The van der Waals surface area contributed by atoms with Crippen LogP contribution in [-0.4, -0.2) is 44.6 Å². The molecule has 5 nitrogen and oxygen atoms in total. The molecule has 0 radical (unpaired) electrons. The average molecular weight is 307 g/mol. The molecule has 0 amide bonds. The second kappa shape index (κ2) is 6.08. The van der Waals surface area contributed by atoms with Crippen LogP contribution in [0.25, 0.3) is 16.9 Å². The van der Waals surface area contributed by atoms with Crippen molar-refractivity contribution in [3.05, 3.63) is 48.7 Å². The molecule has 1 saturated heterocycles. The summed E-state index contributed by atoms with van der Waals surface area (Å²) in [5, 5.41) is 0. The molecule has 0 aromatic carbocycles. The fraction of sp³-hybridized carbons (Fsp3) is 0.389. The van der Waals surface area contributed by atoms with Gasteiger partial charge in [0.05, 0.1) is 5.69 Å². The molecule has 0 bridgehead atoms. The van der Waals surface area contributed by atoms with Gasteiger partial charge in [-0.05, 0) is 56.6 Å². The van der Waals surface area contributed by atoms with Crippen molar-refractivity contribution in [3.8, 4) is 5.69 Å². The molecule has 3 aromatic heterocycles. The van der Waals surface area contributed by atoms with Crippen molar-refractivity contribution in [1.29, 1.82) is 0 Å². The maximum Gasteiger partial charge on any atom is 0.164 e. The molecule has 4 rings (SSSR count). The monoisotopic (exact) mass is 307 g/mol. The van der Waals surface area contributed by atoms with E-state index in [1.165, 1.54) is 19.4 Å². The van der Waals surface area contributed by atoms with Crippen LogP contribution in [0.15, 0.2) is 42.9 Å². The van der Waals surface area contributed by atoms with Crippen molar-refractivity contribution in [2.75, 3.05) is 20.1 Å². The molecule has 1 unspecified atom stereocenters. The highest BCUT2D eigenvalue weighted by molar-refractivity contribution is 5.73. The zero-order chi connectivity index (χ0) is 15.6. The highest BCUT2D eigenvalue weighted by Crippen LogP contribution is 2.24. The Bertz CT molecular complexity index is 796. The normalized spacial score (nSPS) is 19.3. The average Bonchev–Trinajstić information content (AvgIpc) is 2.93. The van der Waals surface area contributed by atoms with Crippen LogP contribution in [0.4, 0.5) is 0 Å². The van der Waals surface area contributed by atoms with Gasteiger partial charge < -0.3 is 4.90 Å². The lowest BCUT2D eigenvalue weighted by Crippen LogP contribution is -2.33. The lowest BCUT2D eigenvalue weighted by molar-refractivity contribution is 0.207. The van der Waals surface area contributed by atoms with Crippen LogP contribution < -0.4 is 0 Å². The molecule has 1 fully saturated rings. The molecular formula is C18H21N5. The van der Waals surface area contributed by atoms with Gasteiger partial charge >= 0.3 is 0 Å². The molecule has 3 aromatic rings. The number of hydrogen-bond donors (Lipinski definition) is 0. The van der Waals surface area contributed by atoms with E-state index in [0.29, 0.717) is 5.92 Å². The third-order valence-electron chi connectivity index (χ3n) is 4.60. The zero-order valence-electron chi connectivity index (χ0n) is 13.4. The summed E-state index contributed by atoms with van der Waals surface area (Å²) >= 11 is 0. The summed E-state index contributed by atoms with van der Waals surface area (Å²) in [5.74, 6) is 1.76. The van der Waals surface area contributed by atoms with Crippen LogP contribution in [0.3, 0.4) is 0 Å². The Kier molecular flexibility index (Phi) is 3.79. The molecule has 23 heavy (non-hydrogen) atoms. The number of piperidine rings is 1. The Morgan fingerprint density at radius 3 is 2.87 bits per heavy atom. The minimum Gasteiger partial charge on any atom is -0.306 e. The van der Waals surface area contributed by atoms with Gasteiger partial charge in [0.2, 0.25) is 0 Å². The van der Waals surface area contributed by atoms with Crippen LogP contribution in [0, 0.1) is 5.92 Å². The van der Waals surface area contributed by atoms with Gasteiger partial charge in [-0.25, -0.2) is 9.97 Å². The van der Waals surface area contributed by atoms with Crippen molar-refractivity contribution in [2.45, 2.75) is 19.3 Å². The van der Waals surface area contributed by atoms with Crippen LogP contribution in [0.1, 0.15) is 18.7 Å². The van der Waals surface area contributed by atoms with Gasteiger partial charge in [-0.2, -0.15) is 0 Å². The van der Waals surface area contributed by atoms with Crippen molar-refractivity contribution in [2.24, 2.45) is 5.92 Å². The highest BCUT2D eigenvalue weighted by atomic mass is 15.1. The minimum atomic E-state index is 0.658. The number of pyridine rings is 2. The predicted molar refractivity (Wildman–Crippen MR) is 90.6 cm³/mol. The summed E-state index contributed by atoms with van der Waals surface area (Å²) in [4.78, 5) is 16.0. The summed E-state index contributed by atoms with van der Waals surface area (Å²) in [6, 6.07) is 8.03. The van der Waals surface area contributed by atoms with Gasteiger partial charge in [-0.3, -0.25) is 9.55 Å². The van der Waals surface area contributed by atoms with Gasteiger partial charge in [0.15, 0.2) is 5.65 Å². The van der Waals surface area contributed by atoms with Crippen LogP contribution in [-0.2, 0) is 6.42 Å². The first-order valence-electron chi connectivity index (χ1n) is 8.22. The molecule has 0 spiro atoms. The smallest absolute Gasteiger partial charge is 0.164 e. The quantitative estimate of drug-likeness (QED) is 0.746. The first-order chi connectivity index (χ1) is 11.3. The molecule has 5 heteroatoms.